The largest absolute Gasteiger partial charge is 0.480 e. The van der Waals surface area contributed by atoms with Crippen LogP contribution in [0.25, 0.3) is 0 Å². The zero-order valence-electron chi connectivity index (χ0n) is 36.8. The van der Waals surface area contributed by atoms with Gasteiger partial charge in [-0.05, 0) is 23.7 Å². The maximum Gasteiger partial charge on any atom is 0.329 e. The average Bonchev–Trinajstić information content (AvgIpc) is 3.63. The lowest BCUT2D eigenvalue weighted by atomic mass is 9.80. The van der Waals surface area contributed by atoms with Crippen molar-refractivity contribution < 1.29 is 67.3 Å². The van der Waals surface area contributed by atoms with Gasteiger partial charge in [-0.1, -0.05) is 41.5 Å². The van der Waals surface area contributed by atoms with Crippen LogP contribution < -0.4 is 10.6 Å². The van der Waals surface area contributed by atoms with Gasteiger partial charge in [0.05, 0.1) is 38.3 Å². The molecule has 0 radical (unpaired) electrons. The van der Waals surface area contributed by atoms with Crippen LogP contribution in [0.15, 0.2) is 0 Å². The van der Waals surface area contributed by atoms with E-state index in [2.05, 4.69) is 10.6 Å². The molecule has 2 aliphatic heterocycles. The molecule has 2 unspecified atom stereocenters. The highest BCUT2D eigenvalue weighted by Gasteiger charge is 2.45. The molecular formula is C42H67N5O14. The fourth-order valence-electron chi connectivity index (χ4n) is 6.76. The van der Waals surface area contributed by atoms with Gasteiger partial charge < -0.3 is 34.9 Å². The molecule has 344 valence electrons. The Kier molecular flexibility index (Phi) is 22.4. The summed E-state index contributed by atoms with van der Waals surface area (Å²) in [7, 11) is 0. The first-order valence-corrected chi connectivity index (χ1v) is 21.1. The number of aliphatic carboxylic acids is 1. The molecule has 2 fully saturated rings. The first-order chi connectivity index (χ1) is 28.6. The minimum absolute atomic E-state index is 0.0146. The summed E-state index contributed by atoms with van der Waals surface area (Å²) in [4.78, 5) is 126. The minimum atomic E-state index is -1.23. The fraction of sp³-hybridized carbons (Fsp3) is 0.762. The third-order valence-electron chi connectivity index (χ3n) is 10.5. The van der Waals surface area contributed by atoms with Crippen LogP contribution in [0.4, 0.5) is 0 Å². The molecule has 19 nitrogen and oxygen atoms in total. The minimum Gasteiger partial charge on any atom is -0.480 e. The molecule has 0 aliphatic carbocycles. The number of carboxylic acids is 1. The molecule has 7 amide bonds. The lowest BCUT2D eigenvalue weighted by molar-refractivity contribution is -0.146. The van der Waals surface area contributed by atoms with E-state index in [-0.39, 0.29) is 175 Å². The lowest BCUT2D eigenvalue weighted by Gasteiger charge is -2.24. The SMILES string of the molecule is CC(C)(C)C1CC(=O)N(CCC(=O)NCCOCCC(=O)CCCN(CCCC(=O)CCOCCNC(=O)CCN2C(=O)CC(C(C)(C)C)C2=O)C(=O)COCC(=O)O)C1=O. The fourth-order valence-corrected chi connectivity index (χ4v) is 6.76. The second-order valence-electron chi connectivity index (χ2n) is 17.5. The number of ketones is 2. The van der Waals surface area contributed by atoms with Crippen molar-refractivity contribution in [2.75, 3.05) is 78.9 Å². The Labute approximate surface area is 358 Å². The van der Waals surface area contributed by atoms with Gasteiger partial charge in [-0.25, -0.2) is 4.79 Å². The van der Waals surface area contributed by atoms with E-state index >= 15 is 0 Å². The molecule has 0 bridgehead atoms. The predicted molar refractivity (Wildman–Crippen MR) is 218 cm³/mol. The number of carboxylic acid groups (broad SMARTS) is 1. The summed E-state index contributed by atoms with van der Waals surface area (Å²) in [6.45, 7) is 11.6. The first kappa shape index (κ1) is 52.5. The van der Waals surface area contributed by atoms with Crippen LogP contribution in [0.3, 0.4) is 0 Å². The Balaban J connectivity index is 1.59. The average molecular weight is 866 g/mol. The Morgan fingerprint density at radius 3 is 1.38 bits per heavy atom. The maximum absolute atomic E-state index is 12.8. The summed E-state index contributed by atoms with van der Waals surface area (Å²) in [5.74, 6) is -4.45. The lowest BCUT2D eigenvalue weighted by Crippen LogP contribution is -2.37. The topological polar surface area (TPSA) is 252 Å². The third-order valence-corrected chi connectivity index (χ3v) is 10.5. The number of hydrogen-bond donors (Lipinski definition) is 3. The molecule has 2 rings (SSSR count). The molecule has 2 saturated heterocycles. The normalized spacial score (nSPS) is 17.0. The van der Waals surface area contributed by atoms with Crippen molar-refractivity contribution in [1.29, 1.82) is 0 Å². The number of rotatable bonds is 30. The Morgan fingerprint density at radius 2 is 1.02 bits per heavy atom. The molecule has 0 aromatic heterocycles. The Bertz CT molecular complexity index is 1470. The summed E-state index contributed by atoms with van der Waals surface area (Å²) in [5.41, 5.74) is -0.694. The molecule has 19 heteroatoms. The van der Waals surface area contributed by atoms with E-state index in [0.29, 0.717) is 12.8 Å². The van der Waals surface area contributed by atoms with E-state index in [1.807, 2.05) is 41.5 Å². The summed E-state index contributed by atoms with van der Waals surface area (Å²) in [5, 5.41) is 14.2. The van der Waals surface area contributed by atoms with Gasteiger partial charge in [-0.3, -0.25) is 53.0 Å². The summed E-state index contributed by atoms with van der Waals surface area (Å²) >= 11 is 0. The van der Waals surface area contributed by atoms with Gasteiger partial charge in [-0.2, -0.15) is 0 Å². The number of Topliss-reactive ketones (excluding diaryl/α,β-unsaturated/α-hetero) is 2. The van der Waals surface area contributed by atoms with Crippen molar-refractivity contribution >= 4 is 58.9 Å². The van der Waals surface area contributed by atoms with Crippen molar-refractivity contribution in [2.24, 2.45) is 22.7 Å². The number of nitrogens with one attached hydrogen (secondary N) is 2. The van der Waals surface area contributed by atoms with Crippen LogP contribution in [0, 0.1) is 22.7 Å². The zero-order valence-corrected chi connectivity index (χ0v) is 36.8. The van der Waals surface area contributed by atoms with E-state index in [9.17, 15) is 47.9 Å². The second kappa shape index (κ2) is 26.0. The van der Waals surface area contributed by atoms with Crippen molar-refractivity contribution in [2.45, 2.75) is 106 Å². The van der Waals surface area contributed by atoms with Crippen molar-refractivity contribution in [3.05, 3.63) is 0 Å². The number of hydrogen-bond acceptors (Lipinski definition) is 13. The smallest absolute Gasteiger partial charge is 0.329 e. The molecule has 2 atom stereocenters. The molecule has 2 aliphatic rings. The van der Waals surface area contributed by atoms with Gasteiger partial charge in [0, 0.05) is 90.6 Å². The van der Waals surface area contributed by atoms with Gasteiger partial charge in [0.2, 0.25) is 41.4 Å². The quantitative estimate of drug-likeness (QED) is 0.0680. The summed E-state index contributed by atoms with van der Waals surface area (Å²) in [6, 6.07) is 0. The summed E-state index contributed by atoms with van der Waals surface area (Å²) < 4.78 is 15.9. The Hall–Kier alpha value is -4.62. The van der Waals surface area contributed by atoms with Crippen LogP contribution in [-0.2, 0) is 62.2 Å². The molecule has 2 heterocycles. The Morgan fingerprint density at radius 1 is 0.607 bits per heavy atom. The number of amides is 7. The standard InChI is InChI=1S/C42H67N5O14/c1-41(2,3)31-25-35(52)46(39(31)57)19-11-33(50)43-15-23-59-21-13-29(48)9-7-17-45(37(54)27-61-28-38(55)56)18-8-10-30(49)14-22-60-24-16-44-34(51)12-20-47-36(53)26-32(40(47)58)42(4,5)6/h31-32H,7-28H2,1-6H3,(H,43,50)(H,44,51)(H,55,56). The third kappa shape index (κ3) is 19.8. The van der Waals surface area contributed by atoms with E-state index in [1.54, 1.807) is 0 Å². The monoisotopic (exact) mass is 865 g/mol. The first-order valence-electron chi connectivity index (χ1n) is 21.1. The molecule has 0 aromatic carbocycles. The number of carbonyl (C=O) groups excluding carboxylic acids is 9. The molecule has 61 heavy (non-hydrogen) atoms. The van der Waals surface area contributed by atoms with Gasteiger partial charge in [0.25, 0.3) is 0 Å². The number of nitrogens with zero attached hydrogens (tertiary/aromatic N) is 3. The van der Waals surface area contributed by atoms with Crippen molar-refractivity contribution in [3.63, 3.8) is 0 Å². The molecule has 0 spiro atoms. The maximum atomic E-state index is 12.8. The molecule has 0 aromatic rings. The zero-order chi connectivity index (χ0) is 45.8. The van der Waals surface area contributed by atoms with Crippen LogP contribution in [0.2, 0.25) is 0 Å². The highest BCUT2D eigenvalue weighted by atomic mass is 16.5. The predicted octanol–water partition coefficient (Wildman–Crippen LogP) is 1.28. The van der Waals surface area contributed by atoms with Crippen LogP contribution in [-0.4, -0.2) is 158 Å². The van der Waals surface area contributed by atoms with Crippen LogP contribution in [0.5, 0.6) is 0 Å². The number of carbonyl (C=O) groups is 10. The van der Waals surface area contributed by atoms with E-state index in [0.717, 1.165) is 9.80 Å². The highest BCUT2D eigenvalue weighted by Crippen LogP contribution is 2.36. The van der Waals surface area contributed by atoms with E-state index in [4.69, 9.17) is 19.3 Å². The van der Waals surface area contributed by atoms with Gasteiger partial charge in [0.1, 0.15) is 24.8 Å². The van der Waals surface area contributed by atoms with Gasteiger partial charge in [-0.15, -0.1) is 0 Å². The number of imide groups is 2. The second-order valence-corrected chi connectivity index (χ2v) is 17.5. The molecule has 0 saturated carbocycles. The molecule has 3 N–H and O–H groups in total. The van der Waals surface area contributed by atoms with Crippen molar-refractivity contribution in [3.8, 4) is 0 Å². The summed E-state index contributed by atoms with van der Waals surface area (Å²) in [6.07, 6.45) is 1.41. The number of ether oxygens (including phenoxy) is 3. The highest BCUT2D eigenvalue weighted by molar-refractivity contribution is 6.04. The van der Waals surface area contributed by atoms with Crippen LogP contribution in [0.1, 0.15) is 106 Å². The van der Waals surface area contributed by atoms with Crippen LogP contribution >= 0.6 is 0 Å². The van der Waals surface area contributed by atoms with Gasteiger partial charge in [0.15, 0.2) is 0 Å². The van der Waals surface area contributed by atoms with Crippen molar-refractivity contribution in [1.82, 2.24) is 25.3 Å². The van der Waals surface area contributed by atoms with E-state index < -0.39 is 36.9 Å². The molecular weight excluding hydrogens is 798 g/mol. The van der Waals surface area contributed by atoms with Gasteiger partial charge >= 0.3 is 5.97 Å². The number of likely N-dealkylation sites (tertiary alicyclic amines) is 2. The van der Waals surface area contributed by atoms with E-state index in [1.165, 1.54) is 4.90 Å².